The lowest BCUT2D eigenvalue weighted by atomic mass is 9.37. The van der Waals surface area contributed by atoms with Gasteiger partial charge in [-0.3, -0.25) is 4.79 Å². The zero-order chi connectivity index (χ0) is 20.6. The number of fused-ring (bicyclic) bond motifs is 7. The van der Waals surface area contributed by atoms with Gasteiger partial charge in [-0.25, -0.2) is 0 Å². The Morgan fingerprint density at radius 3 is 2.28 bits per heavy atom. The van der Waals surface area contributed by atoms with Crippen molar-refractivity contribution in [2.75, 3.05) is 0 Å². The molecule has 0 radical (unpaired) electrons. The Balaban J connectivity index is 1.44. The van der Waals surface area contributed by atoms with Crippen LogP contribution in [0.15, 0.2) is 0 Å². The van der Waals surface area contributed by atoms with E-state index in [1.165, 1.54) is 64.2 Å². The highest BCUT2D eigenvalue weighted by atomic mass is 16.5. The van der Waals surface area contributed by atoms with E-state index in [0.29, 0.717) is 16.7 Å². The minimum absolute atomic E-state index is 0.0962. The van der Waals surface area contributed by atoms with Crippen molar-refractivity contribution in [2.45, 2.75) is 111 Å². The summed E-state index contributed by atoms with van der Waals surface area (Å²) in [6, 6.07) is 0. The third-order valence-corrected chi connectivity index (χ3v) is 11.6. The number of carbonyl (C=O) groups excluding carboxylic acids is 1. The van der Waals surface area contributed by atoms with Crippen molar-refractivity contribution >= 4 is 5.97 Å². The van der Waals surface area contributed by atoms with Gasteiger partial charge in [-0.1, -0.05) is 40.5 Å². The van der Waals surface area contributed by atoms with Gasteiger partial charge in [-0.2, -0.15) is 0 Å². The van der Waals surface area contributed by atoms with Gasteiger partial charge in [0.15, 0.2) is 0 Å². The number of hydrogen-bond acceptors (Lipinski definition) is 2. The minimum Gasteiger partial charge on any atom is -0.462 e. The molecule has 5 aliphatic rings. The smallest absolute Gasteiger partial charge is 0.302 e. The van der Waals surface area contributed by atoms with Crippen LogP contribution in [0, 0.1) is 51.8 Å². The molecule has 0 aromatic heterocycles. The summed E-state index contributed by atoms with van der Waals surface area (Å²) in [5.41, 5.74) is 1.07. The predicted molar refractivity (Wildman–Crippen MR) is 117 cm³/mol. The highest BCUT2D eigenvalue weighted by molar-refractivity contribution is 5.66. The maximum absolute atomic E-state index is 11.7. The second-order valence-electron chi connectivity index (χ2n) is 12.9. The van der Waals surface area contributed by atoms with Crippen molar-refractivity contribution in [3.05, 3.63) is 0 Å². The summed E-state index contributed by atoms with van der Waals surface area (Å²) in [6.45, 7) is 11.8. The first kappa shape index (κ1) is 20.4. The standard InChI is InChI=1S/C27H44O2/c1-17(28)29-24-14-16-27(5)22(25(24,2)3)13-15-26(4)21-11-9-18-7-6-8-19(18)20(21)10-12-23(26)27/h18-24H,6-16H2,1-5H3. The summed E-state index contributed by atoms with van der Waals surface area (Å²) in [6.07, 6.45) is 15.7. The summed E-state index contributed by atoms with van der Waals surface area (Å²) >= 11 is 0. The molecule has 2 heteroatoms. The third-order valence-electron chi connectivity index (χ3n) is 11.6. The molecule has 9 unspecified atom stereocenters. The van der Waals surface area contributed by atoms with E-state index in [0.717, 1.165) is 36.0 Å². The lowest BCUT2D eigenvalue weighted by molar-refractivity contribution is -0.217. The molecule has 0 N–H and O–H groups in total. The topological polar surface area (TPSA) is 26.3 Å². The Bertz CT molecular complexity index is 667. The summed E-state index contributed by atoms with van der Waals surface area (Å²) < 4.78 is 5.86. The number of hydrogen-bond donors (Lipinski definition) is 0. The number of esters is 1. The molecule has 5 aliphatic carbocycles. The fourth-order valence-corrected chi connectivity index (χ4v) is 10.6. The van der Waals surface area contributed by atoms with Crippen LogP contribution in [0.5, 0.6) is 0 Å². The van der Waals surface area contributed by atoms with Crippen LogP contribution in [0.3, 0.4) is 0 Å². The van der Waals surface area contributed by atoms with Gasteiger partial charge in [0.1, 0.15) is 6.10 Å². The van der Waals surface area contributed by atoms with E-state index in [4.69, 9.17) is 4.74 Å². The lowest BCUT2D eigenvalue weighted by Gasteiger charge is -2.68. The van der Waals surface area contributed by atoms with Gasteiger partial charge < -0.3 is 4.74 Å². The van der Waals surface area contributed by atoms with E-state index in [9.17, 15) is 4.79 Å². The minimum atomic E-state index is -0.0962. The molecule has 0 aliphatic heterocycles. The second-order valence-corrected chi connectivity index (χ2v) is 12.9. The number of carbonyl (C=O) groups is 1. The van der Waals surface area contributed by atoms with Gasteiger partial charge in [0.05, 0.1) is 0 Å². The van der Waals surface area contributed by atoms with Crippen LogP contribution in [0.1, 0.15) is 105 Å². The molecule has 164 valence electrons. The Morgan fingerprint density at radius 2 is 1.52 bits per heavy atom. The van der Waals surface area contributed by atoms with Gasteiger partial charge in [0, 0.05) is 12.3 Å². The summed E-state index contributed by atoms with van der Waals surface area (Å²) in [5.74, 6) is 5.60. The average molecular weight is 401 g/mol. The first-order valence-electron chi connectivity index (χ1n) is 12.8. The highest BCUT2D eigenvalue weighted by Crippen LogP contribution is 2.71. The molecule has 29 heavy (non-hydrogen) atoms. The fourth-order valence-electron chi connectivity index (χ4n) is 10.6. The van der Waals surface area contributed by atoms with E-state index < -0.39 is 0 Å². The van der Waals surface area contributed by atoms with E-state index >= 15 is 0 Å². The molecule has 0 aromatic rings. The van der Waals surface area contributed by atoms with E-state index in [-0.39, 0.29) is 17.5 Å². The van der Waals surface area contributed by atoms with Crippen molar-refractivity contribution < 1.29 is 9.53 Å². The zero-order valence-electron chi connectivity index (χ0n) is 19.6. The van der Waals surface area contributed by atoms with Crippen molar-refractivity contribution in [1.29, 1.82) is 0 Å². The van der Waals surface area contributed by atoms with Crippen LogP contribution in [-0.4, -0.2) is 12.1 Å². The summed E-state index contributed by atoms with van der Waals surface area (Å²) in [4.78, 5) is 11.7. The largest absolute Gasteiger partial charge is 0.462 e. The van der Waals surface area contributed by atoms with Crippen molar-refractivity contribution in [2.24, 2.45) is 51.8 Å². The van der Waals surface area contributed by atoms with Crippen LogP contribution < -0.4 is 0 Å². The molecule has 0 bridgehead atoms. The Morgan fingerprint density at radius 1 is 0.759 bits per heavy atom. The van der Waals surface area contributed by atoms with Gasteiger partial charge in [-0.05, 0) is 104 Å². The van der Waals surface area contributed by atoms with E-state index in [2.05, 4.69) is 27.7 Å². The normalized spacial score (nSPS) is 53.2. The molecule has 0 spiro atoms. The van der Waals surface area contributed by atoms with Crippen molar-refractivity contribution in [3.8, 4) is 0 Å². The Hall–Kier alpha value is -0.530. The molecule has 9 atom stereocenters. The molecular formula is C27H44O2. The Labute approximate surface area is 178 Å². The fraction of sp³-hybridized carbons (Fsp3) is 0.963. The SMILES string of the molecule is CC(=O)OC1CCC2(C)C(CCC3(C)C4CCC5CCCC5C4CCC32)C1(C)C. The molecule has 5 saturated carbocycles. The number of rotatable bonds is 1. The molecule has 5 fully saturated rings. The summed E-state index contributed by atoms with van der Waals surface area (Å²) in [5, 5.41) is 0. The van der Waals surface area contributed by atoms with E-state index in [1.54, 1.807) is 6.92 Å². The molecule has 2 nitrogen and oxygen atoms in total. The monoisotopic (exact) mass is 400 g/mol. The number of ether oxygens (including phenoxy) is 1. The van der Waals surface area contributed by atoms with Crippen LogP contribution in [-0.2, 0) is 9.53 Å². The van der Waals surface area contributed by atoms with Gasteiger partial charge in [-0.15, -0.1) is 0 Å². The maximum atomic E-state index is 11.7. The van der Waals surface area contributed by atoms with Gasteiger partial charge in [0.25, 0.3) is 0 Å². The molecule has 0 heterocycles. The van der Waals surface area contributed by atoms with Crippen LogP contribution >= 0.6 is 0 Å². The highest BCUT2D eigenvalue weighted by Gasteiger charge is 2.65. The van der Waals surface area contributed by atoms with Gasteiger partial charge >= 0.3 is 5.97 Å². The quantitative estimate of drug-likeness (QED) is 0.442. The van der Waals surface area contributed by atoms with Crippen LogP contribution in [0.25, 0.3) is 0 Å². The zero-order valence-corrected chi connectivity index (χ0v) is 19.6. The van der Waals surface area contributed by atoms with Crippen molar-refractivity contribution in [3.63, 3.8) is 0 Å². The first-order chi connectivity index (χ1) is 13.7. The predicted octanol–water partition coefficient (Wildman–Crippen LogP) is 7.01. The lowest BCUT2D eigenvalue weighted by Crippen LogP contribution is -2.63. The maximum Gasteiger partial charge on any atom is 0.302 e. The second kappa shape index (κ2) is 6.73. The molecule has 0 saturated heterocycles. The molecule has 0 aromatic carbocycles. The molecule has 0 amide bonds. The van der Waals surface area contributed by atoms with Crippen LogP contribution in [0.2, 0.25) is 0 Å². The summed E-state index contributed by atoms with van der Waals surface area (Å²) in [7, 11) is 0. The third kappa shape index (κ3) is 2.82. The van der Waals surface area contributed by atoms with Gasteiger partial charge in [0.2, 0.25) is 0 Å². The molecule has 5 rings (SSSR count). The molecular weight excluding hydrogens is 356 g/mol. The Kier molecular flexibility index (Phi) is 4.73. The average Bonchev–Trinajstić information content (AvgIpc) is 3.12. The van der Waals surface area contributed by atoms with E-state index in [1.807, 2.05) is 0 Å². The first-order valence-corrected chi connectivity index (χ1v) is 12.8. The van der Waals surface area contributed by atoms with Crippen LogP contribution in [0.4, 0.5) is 0 Å². The van der Waals surface area contributed by atoms with Crippen molar-refractivity contribution in [1.82, 2.24) is 0 Å².